The number of methoxy groups -OCH3 is 1. The number of carbonyl (C=O) groups excluding carboxylic acids is 2. The molecule has 1 aliphatic rings. The molecule has 7 nitrogen and oxygen atoms in total. The van der Waals surface area contributed by atoms with Crippen molar-refractivity contribution in [1.29, 1.82) is 0 Å². The van der Waals surface area contributed by atoms with Crippen molar-refractivity contribution in [2.45, 2.75) is 6.54 Å². The van der Waals surface area contributed by atoms with Gasteiger partial charge in [0.1, 0.15) is 5.75 Å². The number of nitrogens with one attached hydrogen (secondary N) is 1. The van der Waals surface area contributed by atoms with Crippen LogP contribution in [0.5, 0.6) is 5.75 Å². The van der Waals surface area contributed by atoms with Gasteiger partial charge >= 0.3 is 11.8 Å². The molecule has 2 rings (SSSR count). The summed E-state index contributed by atoms with van der Waals surface area (Å²) in [7, 11) is 1.58. The number of rotatable bonds is 5. The summed E-state index contributed by atoms with van der Waals surface area (Å²) in [5.74, 6) is -0.369. The summed E-state index contributed by atoms with van der Waals surface area (Å²) in [6.45, 7) is 4.31. The molecule has 0 atom stereocenters. The normalized spacial score (nSPS) is 15.3. The van der Waals surface area contributed by atoms with Crippen molar-refractivity contribution in [2.24, 2.45) is 5.73 Å². The number of hydrogen-bond acceptors (Lipinski definition) is 5. The van der Waals surface area contributed by atoms with E-state index in [1.807, 2.05) is 24.3 Å². The van der Waals surface area contributed by atoms with Crippen LogP contribution in [0.25, 0.3) is 0 Å². The SMILES string of the molecule is COc1ccccc1CNC(=O)C(=O)N1CCN(CCN)CC1. The molecule has 0 radical (unpaired) electrons. The first kappa shape index (κ1) is 17.2. The van der Waals surface area contributed by atoms with Crippen molar-refractivity contribution >= 4 is 11.8 Å². The van der Waals surface area contributed by atoms with Gasteiger partial charge in [-0.05, 0) is 6.07 Å². The zero-order chi connectivity index (χ0) is 16.7. The Hall–Kier alpha value is -2.12. The van der Waals surface area contributed by atoms with Crippen LogP contribution in [0.2, 0.25) is 0 Å². The largest absolute Gasteiger partial charge is 0.496 e. The van der Waals surface area contributed by atoms with Crippen LogP contribution >= 0.6 is 0 Å². The number of para-hydroxylation sites is 1. The summed E-state index contributed by atoms with van der Waals surface area (Å²) in [4.78, 5) is 28.0. The van der Waals surface area contributed by atoms with Crippen LogP contribution in [-0.4, -0.2) is 68.0 Å². The quantitative estimate of drug-likeness (QED) is 0.709. The number of ether oxygens (including phenoxy) is 1. The Bertz CT molecular complexity index is 542. The first-order chi connectivity index (χ1) is 11.2. The molecule has 3 N–H and O–H groups in total. The van der Waals surface area contributed by atoms with E-state index in [1.165, 1.54) is 0 Å². The third kappa shape index (κ3) is 4.67. The molecule has 1 aliphatic heterocycles. The topological polar surface area (TPSA) is 87.9 Å². The molecule has 23 heavy (non-hydrogen) atoms. The Kier molecular flexibility index (Phi) is 6.37. The van der Waals surface area contributed by atoms with Gasteiger partial charge in [0.15, 0.2) is 0 Å². The molecule has 126 valence electrons. The standard InChI is InChI=1S/C16H24N4O3/c1-23-14-5-3-2-4-13(14)12-18-15(21)16(22)20-10-8-19(7-6-17)9-11-20/h2-5H,6-12,17H2,1H3,(H,18,21). The number of carbonyl (C=O) groups is 2. The van der Waals surface area contributed by atoms with Gasteiger partial charge in [0.2, 0.25) is 0 Å². The molecule has 1 aromatic rings. The highest BCUT2D eigenvalue weighted by Crippen LogP contribution is 2.16. The molecule has 0 saturated carbocycles. The highest BCUT2D eigenvalue weighted by atomic mass is 16.5. The lowest BCUT2D eigenvalue weighted by Gasteiger charge is -2.34. The fourth-order valence-corrected chi connectivity index (χ4v) is 2.60. The summed E-state index contributed by atoms with van der Waals surface area (Å²) in [6.07, 6.45) is 0. The van der Waals surface area contributed by atoms with E-state index in [4.69, 9.17) is 10.5 Å². The molecule has 1 aromatic carbocycles. The van der Waals surface area contributed by atoms with E-state index >= 15 is 0 Å². The zero-order valence-corrected chi connectivity index (χ0v) is 13.5. The van der Waals surface area contributed by atoms with E-state index in [0.29, 0.717) is 25.4 Å². The zero-order valence-electron chi connectivity index (χ0n) is 13.5. The Morgan fingerprint density at radius 2 is 1.91 bits per heavy atom. The predicted molar refractivity (Wildman–Crippen MR) is 86.9 cm³/mol. The van der Waals surface area contributed by atoms with E-state index in [2.05, 4.69) is 10.2 Å². The highest BCUT2D eigenvalue weighted by molar-refractivity contribution is 6.35. The monoisotopic (exact) mass is 320 g/mol. The maximum atomic E-state index is 12.2. The minimum atomic E-state index is -0.580. The average Bonchev–Trinajstić information content (AvgIpc) is 2.60. The van der Waals surface area contributed by atoms with Gasteiger partial charge in [0, 0.05) is 51.4 Å². The fraction of sp³-hybridized carbons (Fsp3) is 0.500. The summed E-state index contributed by atoms with van der Waals surface area (Å²) >= 11 is 0. The Labute approximate surface area is 136 Å². The van der Waals surface area contributed by atoms with Gasteiger partial charge in [-0.25, -0.2) is 0 Å². The third-order valence-electron chi connectivity index (χ3n) is 3.93. The van der Waals surface area contributed by atoms with Gasteiger partial charge < -0.3 is 20.7 Å². The molecule has 0 bridgehead atoms. The molecule has 1 heterocycles. The molecular formula is C16H24N4O3. The smallest absolute Gasteiger partial charge is 0.311 e. The average molecular weight is 320 g/mol. The fourth-order valence-electron chi connectivity index (χ4n) is 2.60. The maximum Gasteiger partial charge on any atom is 0.311 e. The number of nitrogens with zero attached hydrogens (tertiary/aromatic N) is 2. The number of benzene rings is 1. The second kappa shape index (κ2) is 8.50. The van der Waals surface area contributed by atoms with Crippen molar-refractivity contribution < 1.29 is 14.3 Å². The lowest BCUT2D eigenvalue weighted by atomic mass is 10.2. The predicted octanol–water partition coefficient (Wildman–Crippen LogP) is -0.586. The minimum Gasteiger partial charge on any atom is -0.496 e. The van der Waals surface area contributed by atoms with Gasteiger partial charge in [0.05, 0.1) is 7.11 Å². The van der Waals surface area contributed by atoms with Crippen LogP contribution in [-0.2, 0) is 16.1 Å². The van der Waals surface area contributed by atoms with Gasteiger partial charge in [-0.15, -0.1) is 0 Å². The van der Waals surface area contributed by atoms with E-state index in [0.717, 1.165) is 25.2 Å². The molecule has 0 aliphatic carbocycles. The lowest BCUT2D eigenvalue weighted by molar-refractivity contribution is -0.147. The van der Waals surface area contributed by atoms with Gasteiger partial charge in [-0.2, -0.15) is 0 Å². The number of amides is 2. The van der Waals surface area contributed by atoms with Crippen molar-refractivity contribution in [1.82, 2.24) is 15.1 Å². The van der Waals surface area contributed by atoms with E-state index in [-0.39, 0.29) is 6.54 Å². The first-order valence-corrected chi connectivity index (χ1v) is 7.77. The van der Waals surface area contributed by atoms with E-state index in [1.54, 1.807) is 12.0 Å². The van der Waals surface area contributed by atoms with Crippen LogP contribution < -0.4 is 15.8 Å². The Balaban J connectivity index is 1.83. The molecule has 1 fully saturated rings. The lowest BCUT2D eigenvalue weighted by Crippen LogP contribution is -2.53. The van der Waals surface area contributed by atoms with Crippen LogP contribution in [0, 0.1) is 0 Å². The summed E-state index contributed by atoms with van der Waals surface area (Å²) in [5, 5.41) is 2.66. The summed E-state index contributed by atoms with van der Waals surface area (Å²) in [6, 6.07) is 7.40. The third-order valence-corrected chi connectivity index (χ3v) is 3.93. The number of hydrogen-bond donors (Lipinski definition) is 2. The van der Waals surface area contributed by atoms with Crippen molar-refractivity contribution in [2.75, 3.05) is 46.4 Å². The molecule has 2 amide bonds. The van der Waals surface area contributed by atoms with Crippen LogP contribution in [0.15, 0.2) is 24.3 Å². The van der Waals surface area contributed by atoms with Crippen LogP contribution in [0.3, 0.4) is 0 Å². The molecule has 0 unspecified atom stereocenters. The van der Waals surface area contributed by atoms with Gasteiger partial charge in [-0.3, -0.25) is 14.5 Å². The Morgan fingerprint density at radius 1 is 1.22 bits per heavy atom. The molecule has 0 spiro atoms. The van der Waals surface area contributed by atoms with Crippen molar-refractivity contribution in [3.8, 4) is 5.75 Å². The van der Waals surface area contributed by atoms with Crippen molar-refractivity contribution in [3.63, 3.8) is 0 Å². The second-order valence-corrected chi connectivity index (χ2v) is 5.42. The Morgan fingerprint density at radius 3 is 2.57 bits per heavy atom. The minimum absolute atomic E-state index is 0.266. The number of piperazine rings is 1. The summed E-state index contributed by atoms with van der Waals surface area (Å²) in [5.41, 5.74) is 6.36. The first-order valence-electron chi connectivity index (χ1n) is 7.77. The molecule has 7 heteroatoms. The van der Waals surface area contributed by atoms with Crippen molar-refractivity contribution in [3.05, 3.63) is 29.8 Å². The number of nitrogens with two attached hydrogens (primary N) is 1. The molecule has 0 aromatic heterocycles. The second-order valence-electron chi connectivity index (χ2n) is 5.42. The van der Waals surface area contributed by atoms with Gasteiger partial charge in [0.25, 0.3) is 0 Å². The maximum absolute atomic E-state index is 12.2. The van der Waals surface area contributed by atoms with Gasteiger partial charge in [-0.1, -0.05) is 18.2 Å². The molecule has 1 saturated heterocycles. The highest BCUT2D eigenvalue weighted by Gasteiger charge is 2.25. The van der Waals surface area contributed by atoms with Crippen LogP contribution in [0.4, 0.5) is 0 Å². The molecular weight excluding hydrogens is 296 g/mol. The summed E-state index contributed by atoms with van der Waals surface area (Å²) < 4.78 is 5.23. The van der Waals surface area contributed by atoms with E-state index in [9.17, 15) is 9.59 Å². The van der Waals surface area contributed by atoms with Crippen LogP contribution in [0.1, 0.15) is 5.56 Å². The van der Waals surface area contributed by atoms with E-state index < -0.39 is 11.8 Å².